The second-order valence-electron chi connectivity index (χ2n) is 3.33. The molecule has 0 saturated carbocycles. The predicted molar refractivity (Wildman–Crippen MR) is 50.7 cm³/mol. The van der Waals surface area contributed by atoms with Gasteiger partial charge in [-0.3, -0.25) is 4.79 Å². The van der Waals surface area contributed by atoms with Gasteiger partial charge in [-0.05, 0) is 0 Å². The molecule has 100 valence electrons. The van der Waals surface area contributed by atoms with Gasteiger partial charge in [0.05, 0.1) is 0 Å². The molecule has 1 atom stereocenters. The van der Waals surface area contributed by atoms with Gasteiger partial charge < -0.3 is 20.4 Å². The van der Waals surface area contributed by atoms with Gasteiger partial charge in [0.15, 0.2) is 0 Å². The lowest BCUT2D eigenvalue weighted by Gasteiger charge is -2.14. The molecule has 0 unspecified atom stereocenters. The zero-order chi connectivity index (χ0) is 13.9. The summed E-state index contributed by atoms with van der Waals surface area (Å²) in [5.74, 6) is -4.00. The highest BCUT2D eigenvalue weighted by molar-refractivity contribution is 5.87. The summed E-state index contributed by atoms with van der Waals surface area (Å²) in [7, 11) is 0. The Bertz CT molecular complexity index is 504. The first-order chi connectivity index (χ1) is 8.20. The van der Waals surface area contributed by atoms with E-state index in [0.717, 1.165) is 6.20 Å². The van der Waals surface area contributed by atoms with Crippen LogP contribution in [0.1, 0.15) is 5.69 Å². The lowest BCUT2D eigenvalue weighted by Crippen LogP contribution is -2.48. The molecule has 0 aliphatic rings. The molecule has 0 bridgehead atoms. The highest BCUT2D eigenvalue weighted by Gasteiger charge is 2.40. The number of halogens is 3. The number of aromatic amines is 2. The number of hydrogen-bond acceptors (Lipinski definition) is 3. The number of carboxylic acids is 1. The molecule has 1 amide bonds. The number of aliphatic carboxylic acids is 1. The van der Waals surface area contributed by atoms with Crippen LogP contribution in [0.25, 0.3) is 0 Å². The average molecular weight is 267 g/mol. The molecule has 10 heteroatoms. The molecule has 7 nitrogen and oxygen atoms in total. The van der Waals surface area contributed by atoms with Crippen LogP contribution in [0.4, 0.5) is 13.2 Å². The van der Waals surface area contributed by atoms with E-state index in [1.165, 1.54) is 5.32 Å². The van der Waals surface area contributed by atoms with Crippen molar-refractivity contribution in [2.75, 3.05) is 0 Å². The van der Waals surface area contributed by atoms with E-state index in [-0.39, 0.29) is 5.69 Å². The van der Waals surface area contributed by atoms with Crippen molar-refractivity contribution in [1.29, 1.82) is 0 Å². The molecule has 1 aromatic rings. The lowest BCUT2D eigenvalue weighted by molar-refractivity contribution is -0.175. The first kappa shape index (κ1) is 13.8. The predicted octanol–water partition coefficient (Wildman–Crippen LogP) is -0.623. The van der Waals surface area contributed by atoms with Gasteiger partial charge in [0.2, 0.25) is 0 Å². The van der Waals surface area contributed by atoms with E-state index in [1.54, 1.807) is 0 Å². The number of carbonyl (C=O) groups is 2. The summed E-state index contributed by atoms with van der Waals surface area (Å²) in [6.45, 7) is 0. The van der Waals surface area contributed by atoms with Gasteiger partial charge in [-0.2, -0.15) is 13.2 Å². The normalized spacial score (nSPS) is 13.1. The minimum Gasteiger partial charge on any atom is -0.480 e. The summed E-state index contributed by atoms with van der Waals surface area (Å²) < 4.78 is 35.8. The number of aromatic nitrogens is 2. The van der Waals surface area contributed by atoms with Gasteiger partial charge in [0, 0.05) is 18.3 Å². The Labute approximate surface area is 97.0 Å². The molecule has 0 spiro atoms. The molecule has 0 saturated heterocycles. The highest BCUT2D eigenvalue weighted by atomic mass is 19.4. The van der Waals surface area contributed by atoms with Gasteiger partial charge in [0.25, 0.3) is 0 Å². The Hall–Kier alpha value is -2.26. The molecule has 4 N–H and O–H groups in total. The third-order valence-corrected chi connectivity index (χ3v) is 1.94. The Morgan fingerprint density at radius 3 is 2.44 bits per heavy atom. The van der Waals surface area contributed by atoms with Crippen molar-refractivity contribution in [3.05, 3.63) is 22.4 Å². The minimum atomic E-state index is -5.17. The van der Waals surface area contributed by atoms with Crippen LogP contribution < -0.4 is 11.0 Å². The quantitative estimate of drug-likeness (QED) is 0.581. The second-order valence-corrected chi connectivity index (χ2v) is 3.33. The van der Waals surface area contributed by atoms with Crippen LogP contribution in [-0.4, -0.2) is 39.2 Å². The van der Waals surface area contributed by atoms with E-state index >= 15 is 0 Å². The van der Waals surface area contributed by atoms with Crippen molar-refractivity contribution in [1.82, 2.24) is 15.3 Å². The summed E-state index contributed by atoms with van der Waals surface area (Å²) in [6, 6.07) is -1.79. The number of imidazole rings is 1. The monoisotopic (exact) mass is 267 g/mol. The fraction of sp³-hybridized carbons (Fsp3) is 0.375. The minimum absolute atomic E-state index is 0.0647. The maximum Gasteiger partial charge on any atom is 0.471 e. The summed E-state index contributed by atoms with van der Waals surface area (Å²) in [6.07, 6.45) is -4.53. The molecule has 1 rings (SSSR count). The largest absolute Gasteiger partial charge is 0.480 e. The van der Waals surface area contributed by atoms with Crippen LogP contribution in [-0.2, 0) is 16.0 Å². The summed E-state index contributed by atoms with van der Waals surface area (Å²) in [5, 5.41) is 9.99. The van der Waals surface area contributed by atoms with Crippen molar-refractivity contribution in [2.24, 2.45) is 0 Å². The maximum absolute atomic E-state index is 11.9. The van der Waals surface area contributed by atoms with E-state index in [9.17, 15) is 27.6 Å². The summed E-state index contributed by atoms with van der Waals surface area (Å²) in [5.41, 5.74) is -0.564. The molecule has 0 aromatic carbocycles. The molecule has 0 radical (unpaired) electrons. The third-order valence-electron chi connectivity index (χ3n) is 1.94. The van der Waals surface area contributed by atoms with E-state index in [4.69, 9.17) is 5.11 Å². The number of rotatable bonds is 4. The first-order valence-electron chi connectivity index (χ1n) is 4.57. The maximum atomic E-state index is 11.9. The fourth-order valence-electron chi connectivity index (χ4n) is 1.14. The SMILES string of the molecule is O=C(O)[C@@H](Cc1c[nH]c(=O)[nH]1)NC(=O)C(F)(F)F. The highest BCUT2D eigenvalue weighted by Crippen LogP contribution is 2.14. The number of carbonyl (C=O) groups excluding carboxylic acids is 1. The van der Waals surface area contributed by atoms with Gasteiger partial charge in [-0.25, -0.2) is 9.59 Å². The Morgan fingerprint density at radius 1 is 1.44 bits per heavy atom. The second kappa shape index (κ2) is 4.94. The van der Waals surface area contributed by atoms with Crippen molar-refractivity contribution >= 4 is 11.9 Å². The Morgan fingerprint density at radius 2 is 2.06 bits per heavy atom. The van der Waals surface area contributed by atoms with Crippen molar-refractivity contribution < 1.29 is 27.9 Å². The van der Waals surface area contributed by atoms with Crippen LogP contribution in [0, 0.1) is 0 Å². The Kier molecular flexibility index (Phi) is 3.79. The van der Waals surface area contributed by atoms with Crippen LogP contribution >= 0.6 is 0 Å². The van der Waals surface area contributed by atoms with Crippen LogP contribution in [0.3, 0.4) is 0 Å². The molecule has 1 aromatic heterocycles. The van der Waals surface area contributed by atoms with E-state index in [0.29, 0.717) is 0 Å². The van der Waals surface area contributed by atoms with Crippen molar-refractivity contribution in [3.8, 4) is 0 Å². The molecule has 0 aliphatic carbocycles. The van der Waals surface area contributed by atoms with Crippen LogP contribution in [0.2, 0.25) is 0 Å². The van der Waals surface area contributed by atoms with Crippen molar-refractivity contribution in [2.45, 2.75) is 18.6 Å². The zero-order valence-electron chi connectivity index (χ0n) is 8.67. The molecular weight excluding hydrogens is 259 g/mol. The van der Waals surface area contributed by atoms with Crippen LogP contribution in [0.15, 0.2) is 11.0 Å². The number of nitrogens with one attached hydrogen (secondary N) is 3. The average Bonchev–Trinajstić information content (AvgIpc) is 2.61. The first-order valence-corrected chi connectivity index (χ1v) is 4.57. The van der Waals surface area contributed by atoms with Crippen molar-refractivity contribution in [3.63, 3.8) is 0 Å². The standard InChI is InChI=1S/C8H8F3N3O4/c9-8(10,11)6(17)14-4(5(15)16)1-3-2-12-7(18)13-3/h2,4H,1H2,(H,14,17)(H,15,16)(H2,12,13,18)/t4-/m1/s1. The fourth-order valence-corrected chi connectivity index (χ4v) is 1.14. The number of carboxylic acid groups (broad SMARTS) is 1. The van der Waals surface area contributed by atoms with Gasteiger partial charge >= 0.3 is 23.7 Å². The molecule has 0 fully saturated rings. The molecule has 1 heterocycles. The molecule has 18 heavy (non-hydrogen) atoms. The third kappa shape index (κ3) is 3.64. The van der Waals surface area contributed by atoms with Gasteiger partial charge in [0.1, 0.15) is 6.04 Å². The van der Waals surface area contributed by atoms with E-state index < -0.39 is 36.2 Å². The lowest BCUT2D eigenvalue weighted by atomic mass is 10.1. The topological polar surface area (TPSA) is 115 Å². The molecule has 0 aliphatic heterocycles. The number of hydrogen-bond donors (Lipinski definition) is 4. The van der Waals surface area contributed by atoms with E-state index in [1.807, 2.05) is 0 Å². The Balaban J connectivity index is 2.75. The number of alkyl halides is 3. The zero-order valence-corrected chi connectivity index (χ0v) is 8.67. The smallest absolute Gasteiger partial charge is 0.471 e. The molecular formula is C8H8F3N3O4. The summed E-state index contributed by atoms with van der Waals surface area (Å²) >= 11 is 0. The summed E-state index contributed by atoms with van der Waals surface area (Å²) in [4.78, 5) is 36.3. The van der Waals surface area contributed by atoms with E-state index in [2.05, 4.69) is 9.97 Å². The number of amides is 1. The van der Waals surface area contributed by atoms with Gasteiger partial charge in [-0.1, -0.05) is 0 Å². The number of H-pyrrole nitrogens is 2. The van der Waals surface area contributed by atoms with Gasteiger partial charge in [-0.15, -0.1) is 0 Å². The van der Waals surface area contributed by atoms with Crippen LogP contribution in [0.5, 0.6) is 0 Å².